The summed E-state index contributed by atoms with van der Waals surface area (Å²) in [5.74, 6) is -2.09. The average Bonchev–Trinajstić information content (AvgIpc) is 3.12. The summed E-state index contributed by atoms with van der Waals surface area (Å²) in [6, 6.07) is 8.39. The Hall–Kier alpha value is -3.33. The van der Waals surface area contributed by atoms with Crippen LogP contribution in [0.4, 0.5) is 19.6 Å². The third-order valence-corrected chi connectivity index (χ3v) is 4.99. The van der Waals surface area contributed by atoms with Crippen LogP contribution in [0.3, 0.4) is 0 Å². The molecule has 0 aliphatic carbocycles. The molecule has 3 aromatic rings. The monoisotopic (exact) mass is 416 g/mol. The molecule has 0 spiro atoms. The van der Waals surface area contributed by atoms with Crippen LogP contribution in [0.5, 0.6) is 0 Å². The Balaban J connectivity index is 1.68. The summed E-state index contributed by atoms with van der Waals surface area (Å²) in [5, 5.41) is 5.53. The Morgan fingerprint density at radius 3 is 2.52 bits per heavy atom. The lowest BCUT2D eigenvalue weighted by atomic mass is 10.1. The number of halogens is 2. The smallest absolute Gasteiger partial charge is 0.267 e. The Kier molecular flexibility index (Phi) is 6.18. The summed E-state index contributed by atoms with van der Waals surface area (Å²) in [6.45, 7) is 1.87. The Bertz CT molecular complexity index is 1050. The zero-order valence-corrected chi connectivity index (χ0v) is 16.3. The maximum absolute atomic E-state index is 14.3. The van der Waals surface area contributed by atoms with Gasteiger partial charge in [0.2, 0.25) is 0 Å². The molecule has 0 aliphatic heterocycles. The molecule has 1 heterocycles. The van der Waals surface area contributed by atoms with E-state index in [-0.39, 0.29) is 23.1 Å². The minimum Gasteiger partial charge on any atom is -0.375 e. The number of amides is 2. The van der Waals surface area contributed by atoms with Crippen molar-refractivity contribution in [2.45, 2.75) is 13.3 Å². The van der Waals surface area contributed by atoms with Crippen molar-refractivity contribution >= 4 is 34.0 Å². The van der Waals surface area contributed by atoms with E-state index in [9.17, 15) is 18.4 Å². The summed E-state index contributed by atoms with van der Waals surface area (Å²) in [4.78, 5) is 28.8. The first kappa shape index (κ1) is 20.4. The normalized spacial score (nSPS) is 10.6. The van der Waals surface area contributed by atoms with Gasteiger partial charge >= 0.3 is 0 Å². The van der Waals surface area contributed by atoms with Gasteiger partial charge in [0.1, 0.15) is 16.5 Å². The standard InChI is InChI=1S/C20H18F2N4O2S/c1-11-8-15(22)14(9-16(11)26-19(28)17-10-25-20(23)29-17)18(27)24-7-6-12-2-4-13(21)5-3-12/h2-5,8-10H,6-7H2,1H3,(H2,23,25)(H,24,27)(H,26,28). The van der Waals surface area contributed by atoms with Crippen molar-refractivity contribution in [1.82, 2.24) is 10.3 Å². The van der Waals surface area contributed by atoms with Crippen LogP contribution in [0.25, 0.3) is 0 Å². The van der Waals surface area contributed by atoms with E-state index in [4.69, 9.17) is 5.73 Å². The van der Waals surface area contributed by atoms with Crippen LogP contribution in [0, 0.1) is 18.6 Å². The predicted molar refractivity (Wildman–Crippen MR) is 108 cm³/mol. The molecular weight excluding hydrogens is 398 g/mol. The molecular formula is C20H18F2N4O2S. The molecule has 2 amide bonds. The number of anilines is 2. The van der Waals surface area contributed by atoms with Crippen molar-refractivity contribution in [3.05, 3.63) is 75.8 Å². The third kappa shape index (κ3) is 5.14. The van der Waals surface area contributed by atoms with Gasteiger partial charge in [0.15, 0.2) is 5.13 Å². The Labute approximate surface area is 169 Å². The average molecular weight is 416 g/mol. The first-order valence-corrected chi connectivity index (χ1v) is 9.50. The van der Waals surface area contributed by atoms with Gasteiger partial charge in [-0.05, 0) is 48.7 Å². The number of benzene rings is 2. The molecule has 0 bridgehead atoms. The quantitative estimate of drug-likeness (QED) is 0.573. The summed E-state index contributed by atoms with van der Waals surface area (Å²) in [7, 11) is 0. The molecule has 150 valence electrons. The van der Waals surface area contributed by atoms with Gasteiger partial charge in [-0.25, -0.2) is 13.8 Å². The van der Waals surface area contributed by atoms with Gasteiger partial charge in [-0.2, -0.15) is 0 Å². The lowest BCUT2D eigenvalue weighted by molar-refractivity contribution is 0.0948. The molecule has 6 nitrogen and oxygen atoms in total. The van der Waals surface area contributed by atoms with E-state index in [2.05, 4.69) is 15.6 Å². The zero-order valence-electron chi connectivity index (χ0n) is 15.5. The fraction of sp³-hybridized carbons (Fsp3) is 0.150. The molecule has 4 N–H and O–H groups in total. The molecule has 0 atom stereocenters. The van der Waals surface area contributed by atoms with Crippen LogP contribution in [0.1, 0.15) is 31.2 Å². The topological polar surface area (TPSA) is 97.1 Å². The molecule has 9 heteroatoms. The van der Waals surface area contributed by atoms with Crippen LogP contribution in [-0.2, 0) is 6.42 Å². The second kappa shape index (κ2) is 8.78. The predicted octanol–water partition coefficient (Wildman–Crippen LogP) is 3.54. The first-order chi connectivity index (χ1) is 13.8. The van der Waals surface area contributed by atoms with Gasteiger partial charge in [0, 0.05) is 12.2 Å². The maximum atomic E-state index is 14.3. The number of aryl methyl sites for hydroxylation is 1. The molecule has 2 aromatic carbocycles. The van der Waals surface area contributed by atoms with Crippen LogP contribution in [-0.4, -0.2) is 23.3 Å². The van der Waals surface area contributed by atoms with Gasteiger partial charge in [0.05, 0.1) is 11.8 Å². The van der Waals surface area contributed by atoms with Crippen LogP contribution >= 0.6 is 11.3 Å². The summed E-state index contributed by atoms with van der Waals surface area (Å²) in [6.07, 6.45) is 1.81. The number of hydrogen-bond donors (Lipinski definition) is 3. The van der Waals surface area contributed by atoms with E-state index in [1.165, 1.54) is 30.5 Å². The second-order valence-electron chi connectivity index (χ2n) is 6.30. The third-order valence-electron chi connectivity index (χ3n) is 4.17. The van der Waals surface area contributed by atoms with E-state index < -0.39 is 17.6 Å². The highest BCUT2D eigenvalue weighted by Gasteiger charge is 2.17. The van der Waals surface area contributed by atoms with Gasteiger partial charge in [0.25, 0.3) is 11.8 Å². The SMILES string of the molecule is Cc1cc(F)c(C(=O)NCCc2ccc(F)cc2)cc1NC(=O)c1cnc(N)s1. The van der Waals surface area contributed by atoms with Crippen LogP contribution < -0.4 is 16.4 Å². The number of aromatic nitrogens is 1. The number of nitrogens with one attached hydrogen (secondary N) is 2. The molecule has 0 aliphatic rings. The van der Waals surface area contributed by atoms with E-state index in [1.54, 1.807) is 19.1 Å². The van der Waals surface area contributed by atoms with Crippen molar-refractivity contribution in [2.75, 3.05) is 17.6 Å². The first-order valence-electron chi connectivity index (χ1n) is 8.69. The van der Waals surface area contributed by atoms with Crippen molar-refractivity contribution in [3.63, 3.8) is 0 Å². The van der Waals surface area contributed by atoms with Gasteiger partial charge < -0.3 is 16.4 Å². The fourth-order valence-electron chi connectivity index (χ4n) is 2.62. The van der Waals surface area contributed by atoms with E-state index in [0.29, 0.717) is 22.5 Å². The van der Waals surface area contributed by atoms with E-state index in [1.807, 2.05) is 0 Å². The number of carbonyl (C=O) groups is 2. The Morgan fingerprint density at radius 2 is 1.86 bits per heavy atom. The molecule has 1 aromatic heterocycles. The Morgan fingerprint density at radius 1 is 1.14 bits per heavy atom. The molecule has 3 rings (SSSR count). The van der Waals surface area contributed by atoms with E-state index >= 15 is 0 Å². The number of nitrogen functional groups attached to an aromatic ring is 1. The van der Waals surface area contributed by atoms with Gasteiger partial charge in [-0.15, -0.1) is 0 Å². The van der Waals surface area contributed by atoms with Gasteiger partial charge in [-0.1, -0.05) is 23.5 Å². The summed E-state index contributed by atoms with van der Waals surface area (Å²) < 4.78 is 27.2. The molecule has 0 saturated heterocycles. The van der Waals surface area contributed by atoms with Gasteiger partial charge in [-0.3, -0.25) is 9.59 Å². The van der Waals surface area contributed by atoms with Crippen LogP contribution in [0.15, 0.2) is 42.6 Å². The molecule has 0 saturated carbocycles. The lowest BCUT2D eigenvalue weighted by Gasteiger charge is -2.12. The summed E-state index contributed by atoms with van der Waals surface area (Å²) in [5.41, 5.74) is 6.96. The molecule has 29 heavy (non-hydrogen) atoms. The van der Waals surface area contributed by atoms with Crippen molar-refractivity contribution < 1.29 is 18.4 Å². The number of thiazole rings is 1. The number of nitrogens with two attached hydrogens (primary N) is 1. The second-order valence-corrected chi connectivity index (χ2v) is 7.36. The maximum Gasteiger partial charge on any atom is 0.267 e. The van der Waals surface area contributed by atoms with Crippen molar-refractivity contribution in [1.29, 1.82) is 0 Å². The number of carbonyl (C=O) groups excluding carboxylic acids is 2. The highest BCUT2D eigenvalue weighted by molar-refractivity contribution is 7.17. The summed E-state index contributed by atoms with van der Waals surface area (Å²) >= 11 is 1.02. The fourth-order valence-corrected chi connectivity index (χ4v) is 3.20. The molecule has 0 unspecified atom stereocenters. The number of rotatable bonds is 6. The minimum absolute atomic E-state index is 0.186. The lowest BCUT2D eigenvalue weighted by Crippen LogP contribution is -2.27. The molecule has 0 fully saturated rings. The highest BCUT2D eigenvalue weighted by Crippen LogP contribution is 2.22. The largest absolute Gasteiger partial charge is 0.375 e. The minimum atomic E-state index is -0.693. The molecule has 0 radical (unpaired) electrons. The van der Waals surface area contributed by atoms with Crippen molar-refractivity contribution in [2.24, 2.45) is 0 Å². The van der Waals surface area contributed by atoms with Crippen molar-refractivity contribution in [3.8, 4) is 0 Å². The zero-order chi connectivity index (χ0) is 21.0. The van der Waals surface area contributed by atoms with Crippen LogP contribution in [0.2, 0.25) is 0 Å². The van der Waals surface area contributed by atoms with E-state index in [0.717, 1.165) is 16.9 Å². The number of hydrogen-bond acceptors (Lipinski definition) is 5. The number of nitrogens with zero attached hydrogens (tertiary/aromatic N) is 1. The highest BCUT2D eigenvalue weighted by atomic mass is 32.1.